The SMILES string of the molecule is Cc1cccc(-n2ncc(C(=O)N[C@H]3CCCNC3)c2C(F)(F)F)c1.Cl. The third-order valence-corrected chi connectivity index (χ3v) is 4.16. The number of nitrogens with one attached hydrogen (secondary N) is 2. The second kappa shape index (κ2) is 8.09. The van der Waals surface area contributed by atoms with Crippen molar-refractivity contribution in [1.82, 2.24) is 20.4 Å². The number of hydrogen-bond acceptors (Lipinski definition) is 3. The molecule has 1 aliphatic rings. The predicted octanol–water partition coefficient (Wildman–Crippen LogP) is 3.10. The number of carbonyl (C=O) groups is 1. The number of nitrogens with zero attached hydrogens (tertiary/aromatic N) is 2. The molecule has 2 aromatic rings. The molecule has 2 heterocycles. The van der Waals surface area contributed by atoms with Gasteiger partial charge in [-0.3, -0.25) is 4.79 Å². The molecule has 1 fully saturated rings. The molecule has 3 rings (SSSR count). The largest absolute Gasteiger partial charge is 0.434 e. The van der Waals surface area contributed by atoms with Crippen molar-refractivity contribution in [2.45, 2.75) is 32.0 Å². The van der Waals surface area contributed by atoms with Crippen LogP contribution in [0, 0.1) is 6.92 Å². The van der Waals surface area contributed by atoms with Gasteiger partial charge in [-0.05, 0) is 44.0 Å². The summed E-state index contributed by atoms with van der Waals surface area (Å²) in [5.74, 6) is -0.750. The minimum atomic E-state index is -4.70. The molecular formula is C17H20ClF3N4O. The van der Waals surface area contributed by atoms with E-state index in [9.17, 15) is 18.0 Å². The molecule has 1 aromatic heterocycles. The van der Waals surface area contributed by atoms with E-state index < -0.39 is 23.3 Å². The molecule has 1 saturated heterocycles. The molecule has 0 unspecified atom stereocenters. The van der Waals surface area contributed by atoms with E-state index >= 15 is 0 Å². The average Bonchev–Trinajstić information content (AvgIpc) is 3.01. The van der Waals surface area contributed by atoms with Crippen molar-refractivity contribution in [2.24, 2.45) is 0 Å². The number of carbonyl (C=O) groups excluding carboxylic acids is 1. The zero-order valence-corrected chi connectivity index (χ0v) is 15.0. The highest BCUT2D eigenvalue weighted by Gasteiger charge is 2.40. The summed E-state index contributed by atoms with van der Waals surface area (Å²) < 4.78 is 41.6. The number of aryl methyl sites for hydroxylation is 1. The van der Waals surface area contributed by atoms with Crippen LogP contribution in [0.5, 0.6) is 0 Å². The predicted molar refractivity (Wildman–Crippen MR) is 93.9 cm³/mol. The summed E-state index contributed by atoms with van der Waals surface area (Å²) in [5.41, 5.74) is -0.440. The molecule has 26 heavy (non-hydrogen) atoms. The second-order valence-electron chi connectivity index (χ2n) is 6.17. The molecule has 0 aliphatic carbocycles. The third kappa shape index (κ3) is 4.37. The highest BCUT2D eigenvalue weighted by Crippen LogP contribution is 2.33. The van der Waals surface area contributed by atoms with Crippen LogP contribution < -0.4 is 10.6 Å². The number of aromatic nitrogens is 2. The zero-order chi connectivity index (χ0) is 18.0. The number of hydrogen-bond donors (Lipinski definition) is 2. The highest BCUT2D eigenvalue weighted by molar-refractivity contribution is 5.95. The first-order valence-corrected chi connectivity index (χ1v) is 8.10. The third-order valence-electron chi connectivity index (χ3n) is 4.16. The summed E-state index contributed by atoms with van der Waals surface area (Å²) >= 11 is 0. The summed E-state index contributed by atoms with van der Waals surface area (Å²) in [4.78, 5) is 12.4. The van der Waals surface area contributed by atoms with Gasteiger partial charge in [-0.15, -0.1) is 12.4 Å². The fraction of sp³-hybridized carbons (Fsp3) is 0.412. The smallest absolute Gasteiger partial charge is 0.348 e. The summed E-state index contributed by atoms with van der Waals surface area (Å²) in [6, 6.07) is 6.38. The molecule has 0 saturated carbocycles. The maximum absolute atomic E-state index is 13.6. The lowest BCUT2D eigenvalue weighted by atomic mass is 10.1. The van der Waals surface area contributed by atoms with Crippen LogP contribution in [0.2, 0.25) is 0 Å². The molecule has 142 valence electrons. The molecule has 0 spiro atoms. The lowest BCUT2D eigenvalue weighted by Crippen LogP contribution is -2.45. The van der Waals surface area contributed by atoms with Crippen molar-refractivity contribution < 1.29 is 18.0 Å². The number of amides is 1. The lowest BCUT2D eigenvalue weighted by Gasteiger charge is -2.24. The minimum Gasteiger partial charge on any atom is -0.348 e. The van der Waals surface area contributed by atoms with Crippen molar-refractivity contribution in [2.75, 3.05) is 13.1 Å². The Balaban J connectivity index is 0.00000243. The Morgan fingerprint density at radius 2 is 2.15 bits per heavy atom. The van der Waals surface area contributed by atoms with Gasteiger partial charge >= 0.3 is 6.18 Å². The van der Waals surface area contributed by atoms with Crippen molar-refractivity contribution in [3.8, 4) is 5.69 Å². The quantitative estimate of drug-likeness (QED) is 0.849. The number of piperidine rings is 1. The van der Waals surface area contributed by atoms with E-state index in [4.69, 9.17) is 0 Å². The summed E-state index contributed by atoms with van der Waals surface area (Å²) in [6.45, 7) is 3.19. The molecule has 2 N–H and O–H groups in total. The molecule has 5 nitrogen and oxygen atoms in total. The maximum Gasteiger partial charge on any atom is 0.434 e. The Hall–Kier alpha value is -2.06. The molecular weight excluding hydrogens is 369 g/mol. The molecule has 1 atom stereocenters. The van der Waals surface area contributed by atoms with E-state index in [1.54, 1.807) is 25.1 Å². The number of benzene rings is 1. The van der Waals surface area contributed by atoms with Gasteiger partial charge in [0.1, 0.15) is 0 Å². The summed E-state index contributed by atoms with van der Waals surface area (Å²) in [7, 11) is 0. The van der Waals surface area contributed by atoms with Crippen LogP contribution in [0.3, 0.4) is 0 Å². The molecule has 1 aromatic carbocycles. The number of rotatable bonds is 3. The van der Waals surface area contributed by atoms with E-state index in [-0.39, 0.29) is 24.1 Å². The maximum atomic E-state index is 13.6. The van der Waals surface area contributed by atoms with Crippen LogP contribution in [0.4, 0.5) is 13.2 Å². The Labute approximate surface area is 155 Å². The first-order chi connectivity index (χ1) is 11.9. The molecule has 1 aliphatic heterocycles. The minimum absolute atomic E-state index is 0. The normalized spacial score (nSPS) is 17.5. The van der Waals surface area contributed by atoms with Gasteiger partial charge in [-0.25, -0.2) is 4.68 Å². The van der Waals surface area contributed by atoms with Gasteiger partial charge < -0.3 is 10.6 Å². The highest BCUT2D eigenvalue weighted by atomic mass is 35.5. The van der Waals surface area contributed by atoms with Gasteiger partial charge in [0.15, 0.2) is 5.69 Å². The summed E-state index contributed by atoms with van der Waals surface area (Å²) in [5, 5.41) is 9.61. The topological polar surface area (TPSA) is 59.0 Å². The van der Waals surface area contributed by atoms with Gasteiger partial charge in [0, 0.05) is 12.6 Å². The van der Waals surface area contributed by atoms with E-state index in [1.807, 2.05) is 0 Å². The van der Waals surface area contributed by atoms with Crippen LogP contribution in [0.1, 0.15) is 34.5 Å². The van der Waals surface area contributed by atoms with Crippen LogP contribution in [-0.4, -0.2) is 34.8 Å². The molecule has 1 amide bonds. The van der Waals surface area contributed by atoms with Crippen molar-refractivity contribution in [1.29, 1.82) is 0 Å². The van der Waals surface area contributed by atoms with Gasteiger partial charge in [-0.2, -0.15) is 18.3 Å². The van der Waals surface area contributed by atoms with E-state index in [0.717, 1.165) is 35.8 Å². The fourth-order valence-corrected chi connectivity index (χ4v) is 2.98. The monoisotopic (exact) mass is 388 g/mol. The van der Waals surface area contributed by atoms with Gasteiger partial charge in [0.25, 0.3) is 5.91 Å². The molecule has 9 heteroatoms. The Bertz CT molecular complexity index is 770. The number of halogens is 4. The standard InChI is InChI=1S/C17H19F3N4O.ClH/c1-11-4-2-6-13(8-11)24-15(17(18,19)20)14(10-22-24)16(25)23-12-5-3-7-21-9-12;/h2,4,6,8,10,12,21H,3,5,7,9H2,1H3,(H,23,25);1H/t12-;/m0./s1. The van der Waals surface area contributed by atoms with Crippen LogP contribution >= 0.6 is 12.4 Å². The Morgan fingerprint density at radius 3 is 2.77 bits per heavy atom. The van der Waals surface area contributed by atoms with Crippen LogP contribution in [0.15, 0.2) is 30.5 Å². The van der Waals surface area contributed by atoms with E-state index in [0.29, 0.717) is 6.54 Å². The first-order valence-electron chi connectivity index (χ1n) is 8.10. The van der Waals surface area contributed by atoms with Crippen molar-refractivity contribution in [3.63, 3.8) is 0 Å². The molecule has 0 radical (unpaired) electrons. The van der Waals surface area contributed by atoms with Gasteiger partial charge in [-0.1, -0.05) is 12.1 Å². The summed E-state index contributed by atoms with van der Waals surface area (Å²) in [6.07, 6.45) is -2.10. The van der Waals surface area contributed by atoms with E-state index in [2.05, 4.69) is 15.7 Å². The van der Waals surface area contributed by atoms with E-state index in [1.165, 1.54) is 6.07 Å². The second-order valence-corrected chi connectivity index (χ2v) is 6.17. The van der Waals surface area contributed by atoms with Crippen LogP contribution in [0.25, 0.3) is 5.69 Å². The Morgan fingerprint density at radius 1 is 1.38 bits per heavy atom. The first kappa shape index (κ1) is 20.3. The van der Waals surface area contributed by atoms with Gasteiger partial charge in [0.2, 0.25) is 0 Å². The number of alkyl halides is 3. The zero-order valence-electron chi connectivity index (χ0n) is 14.1. The van der Waals surface area contributed by atoms with Crippen molar-refractivity contribution in [3.05, 3.63) is 47.3 Å². The van der Waals surface area contributed by atoms with Gasteiger partial charge in [0.05, 0.1) is 17.4 Å². The lowest BCUT2D eigenvalue weighted by molar-refractivity contribution is -0.143. The average molecular weight is 389 g/mol. The van der Waals surface area contributed by atoms with Crippen LogP contribution in [-0.2, 0) is 6.18 Å². The fourth-order valence-electron chi connectivity index (χ4n) is 2.98. The molecule has 0 bridgehead atoms. The van der Waals surface area contributed by atoms with Crippen molar-refractivity contribution >= 4 is 18.3 Å². The Kier molecular flexibility index (Phi) is 6.30.